The molecule has 0 saturated heterocycles. The molecule has 0 bridgehead atoms. The average molecular weight is 1190 g/mol. The normalized spacial score (nSPS) is 11.7. The van der Waals surface area contributed by atoms with Crippen LogP contribution in [0, 0.1) is 13.8 Å². The lowest BCUT2D eigenvalue weighted by molar-refractivity contribution is 0.172. The van der Waals surface area contributed by atoms with Crippen molar-refractivity contribution in [3.05, 3.63) is 125 Å². The standard InChI is InChI=1S/C55H55N21O5S3/c1-31-40(56-20-19-46(31)81-22-12-21-77-6)28-82-55-61-39-25-34(16-18-45(39)76(55)52-64-67-70-73(52)5)36-27-58-42(49(80-9)48(36)79-8)30-84-54-60-38-24-33(15-17-44(38)75(54)51-63-66-69-72(51)4)23-35-26-57-41(32(2)47(35)78-7)29-83-53-59-37-13-10-11-14-43(37)74(53)50-62-65-68-71(50)3/h10-11,13-20,24-27H,12,21-23,28-30H2,1-9H3. The van der Waals surface area contributed by atoms with E-state index in [0.717, 1.165) is 89.9 Å². The molecule has 0 radical (unpaired) electrons. The highest BCUT2D eigenvalue weighted by atomic mass is 32.2. The summed E-state index contributed by atoms with van der Waals surface area (Å²) in [5.41, 5.74) is 12.6. The monoisotopic (exact) mass is 1190 g/mol. The van der Waals surface area contributed by atoms with Gasteiger partial charge in [-0.15, -0.1) is 0 Å². The van der Waals surface area contributed by atoms with Crippen molar-refractivity contribution in [2.45, 2.75) is 59.4 Å². The van der Waals surface area contributed by atoms with Gasteiger partial charge in [0, 0.05) is 106 Å². The molecule has 0 aliphatic rings. The molecule has 84 heavy (non-hydrogen) atoms. The highest BCUT2D eigenvalue weighted by molar-refractivity contribution is 7.98. The van der Waals surface area contributed by atoms with Gasteiger partial charge in [0.2, 0.25) is 0 Å². The predicted octanol–water partition coefficient (Wildman–Crippen LogP) is 7.65. The van der Waals surface area contributed by atoms with Gasteiger partial charge < -0.3 is 23.7 Å². The summed E-state index contributed by atoms with van der Waals surface area (Å²) in [6, 6.07) is 22.0. The van der Waals surface area contributed by atoms with Gasteiger partial charge in [-0.05, 0) is 98.7 Å². The number of hydrogen-bond acceptors (Lipinski definition) is 23. The zero-order valence-electron chi connectivity index (χ0n) is 47.2. The lowest BCUT2D eigenvalue weighted by Crippen LogP contribution is -2.06. The number of hydrogen-bond donors (Lipinski definition) is 0. The number of tetrazole rings is 3. The van der Waals surface area contributed by atoms with Gasteiger partial charge in [0.15, 0.2) is 27.0 Å². The Labute approximate surface area is 492 Å². The summed E-state index contributed by atoms with van der Waals surface area (Å²) >= 11 is 4.55. The van der Waals surface area contributed by atoms with Gasteiger partial charge in [0.05, 0.1) is 78.1 Å². The Morgan fingerprint density at radius 2 is 1.06 bits per heavy atom. The number of imidazole rings is 3. The van der Waals surface area contributed by atoms with Gasteiger partial charge in [-0.1, -0.05) is 74.8 Å². The summed E-state index contributed by atoms with van der Waals surface area (Å²) in [6.07, 6.45) is 6.77. The van der Waals surface area contributed by atoms with Crippen molar-refractivity contribution >= 4 is 68.4 Å². The molecular formula is C55H55N21O5S3. The number of aryl methyl sites for hydroxylation is 3. The molecule has 3 aromatic carbocycles. The summed E-state index contributed by atoms with van der Waals surface area (Å²) in [5.74, 6) is 5.53. The first-order chi connectivity index (χ1) is 41.0. The van der Waals surface area contributed by atoms with Crippen LogP contribution in [0.3, 0.4) is 0 Å². The van der Waals surface area contributed by atoms with Crippen LogP contribution in [0.2, 0.25) is 0 Å². The van der Waals surface area contributed by atoms with Crippen molar-refractivity contribution in [1.82, 2.24) is 104 Å². The van der Waals surface area contributed by atoms with E-state index in [9.17, 15) is 0 Å². The van der Waals surface area contributed by atoms with Crippen molar-refractivity contribution in [3.8, 4) is 52.0 Å². The molecule has 0 N–H and O–H groups in total. The maximum absolute atomic E-state index is 6.14. The van der Waals surface area contributed by atoms with Crippen LogP contribution in [0.25, 0.3) is 62.1 Å². The Balaban J connectivity index is 0.799. The van der Waals surface area contributed by atoms with E-state index < -0.39 is 0 Å². The molecule has 9 heterocycles. The number of benzene rings is 3. The van der Waals surface area contributed by atoms with E-state index in [2.05, 4.69) is 58.7 Å². The van der Waals surface area contributed by atoms with Crippen molar-refractivity contribution < 1.29 is 23.7 Å². The van der Waals surface area contributed by atoms with Crippen LogP contribution in [-0.4, -0.2) is 146 Å². The minimum absolute atomic E-state index is 0.358. The van der Waals surface area contributed by atoms with Gasteiger partial charge in [0.25, 0.3) is 17.8 Å². The Hall–Kier alpha value is -9.06. The summed E-state index contributed by atoms with van der Waals surface area (Å²) in [6.45, 7) is 5.22. The van der Waals surface area contributed by atoms with Gasteiger partial charge >= 0.3 is 0 Å². The van der Waals surface area contributed by atoms with E-state index in [-0.39, 0.29) is 0 Å². The summed E-state index contributed by atoms with van der Waals surface area (Å²) in [4.78, 5) is 29.9. The molecule has 0 spiro atoms. The van der Waals surface area contributed by atoms with Crippen molar-refractivity contribution in [3.63, 3.8) is 0 Å². The number of methoxy groups -OCH3 is 4. The van der Waals surface area contributed by atoms with Crippen LogP contribution in [0.5, 0.6) is 23.0 Å². The van der Waals surface area contributed by atoms with Crippen molar-refractivity contribution in [2.75, 3.05) is 41.7 Å². The molecule has 29 heteroatoms. The largest absolute Gasteiger partial charge is 0.496 e. The number of pyridine rings is 3. The smallest absolute Gasteiger partial charge is 0.256 e. The van der Waals surface area contributed by atoms with E-state index in [1.165, 1.54) is 23.5 Å². The van der Waals surface area contributed by atoms with Crippen LogP contribution < -0.4 is 18.9 Å². The topological polar surface area (TPSA) is 269 Å². The minimum atomic E-state index is 0.358. The summed E-state index contributed by atoms with van der Waals surface area (Å²) in [7, 11) is 12.0. The molecule has 428 valence electrons. The first-order valence-corrected chi connectivity index (χ1v) is 29.3. The molecule has 0 fully saturated rings. The van der Waals surface area contributed by atoms with Gasteiger partial charge in [0.1, 0.15) is 11.5 Å². The fourth-order valence-corrected chi connectivity index (χ4v) is 12.9. The van der Waals surface area contributed by atoms with Crippen LogP contribution in [0.1, 0.15) is 45.8 Å². The molecule has 12 rings (SSSR count). The summed E-state index contributed by atoms with van der Waals surface area (Å²) in [5, 5.41) is 39.3. The van der Waals surface area contributed by atoms with Crippen LogP contribution in [-0.2, 0) is 49.6 Å². The maximum Gasteiger partial charge on any atom is 0.256 e. The molecule has 0 amide bonds. The molecule has 0 unspecified atom stereocenters. The number of nitrogens with zero attached hydrogens (tertiary/aromatic N) is 21. The van der Waals surface area contributed by atoms with Crippen molar-refractivity contribution in [1.29, 1.82) is 0 Å². The zero-order chi connectivity index (χ0) is 58.0. The molecule has 0 aliphatic carbocycles. The molecule has 12 aromatic rings. The van der Waals surface area contributed by atoms with E-state index in [0.29, 0.717) is 93.3 Å². The SMILES string of the molecule is COCCCOc1ccnc(CSc2nc3cc(-c4cnc(CSc5nc6cc(Cc7cnc(CSc8nc9ccccc9n8-c8nnnn8C)c(C)c7OC)ccc6n5-c5nnnn5C)c(OC)c4OC)ccc3n2-c2nnnn2C)c1C. The zero-order valence-corrected chi connectivity index (χ0v) is 49.6. The Morgan fingerprint density at radius 1 is 0.512 bits per heavy atom. The maximum atomic E-state index is 6.14. The second-order valence-corrected chi connectivity index (χ2v) is 22.0. The molecule has 0 saturated carbocycles. The van der Waals surface area contributed by atoms with E-state index >= 15 is 0 Å². The van der Waals surface area contributed by atoms with Gasteiger partial charge in [-0.2, -0.15) is 0 Å². The third-order valence-corrected chi connectivity index (χ3v) is 16.9. The predicted molar refractivity (Wildman–Crippen MR) is 315 cm³/mol. The lowest BCUT2D eigenvalue weighted by Gasteiger charge is -2.16. The number of aromatic nitrogens is 21. The fraction of sp³-hybridized carbons (Fsp3) is 0.291. The highest BCUT2D eigenvalue weighted by Gasteiger charge is 2.26. The van der Waals surface area contributed by atoms with Crippen LogP contribution in [0.15, 0.2) is 101 Å². The average Bonchev–Trinajstić information content (AvgIpc) is 3.37. The first kappa shape index (κ1) is 55.5. The van der Waals surface area contributed by atoms with Gasteiger partial charge in [-0.3, -0.25) is 28.7 Å². The van der Waals surface area contributed by atoms with E-state index in [1.54, 1.807) is 80.7 Å². The summed E-state index contributed by atoms with van der Waals surface area (Å²) < 4.78 is 40.3. The number of rotatable bonds is 23. The lowest BCUT2D eigenvalue weighted by atomic mass is 10.0. The fourth-order valence-electron chi connectivity index (χ4n) is 9.89. The number of ether oxygens (including phenoxy) is 5. The third-order valence-electron chi connectivity index (χ3n) is 14.1. The van der Waals surface area contributed by atoms with E-state index in [1.807, 2.05) is 95.4 Å². The molecule has 0 aliphatic heterocycles. The Bertz CT molecular complexity index is 4380. The number of thioether (sulfide) groups is 3. The molecule has 0 atom stereocenters. The molecule has 9 aromatic heterocycles. The number of para-hydroxylation sites is 2. The van der Waals surface area contributed by atoms with E-state index in [4.69, 9.17) is 53.6 Å². The van der Waals surface area contributed by atoms with Crippen LogP contribution >= 0.6 is 35.3 Å². The third kappa shape index (κ3) is 10.6. The molecular weight excluding hydrogens is 1130 g/mol. The second kappa shape index (κ2) is 24.0. The van der Waals surface area contributed by atoms with Crippen LogP contribution in [0.4, 0.5) is 0 Å². The van der Waals surface area contributed by atoms with Crippen molar-refractivity contribution in [2.24, 2.45) is 21.1 Å². The Morgan fingerprint density at radius 3 is 1.65 bits per heavy atom. The number of fused-ring (bicyclic) bond motifs is 3. The highest BCUT2D eigenvalue weighted by Crippen LogP contribution is 2.43. The molecule has 26 nitrogen and oxygen atoms in total. The quantitative estimate of drug-likeness (QED) is 0.0439. The first-order valence-electron chi connectivity index (χ1n) is 26.3. The van der Waals surface area contributed by atoms with Gasteiger partial charge in [-0.25, -0.2) is 29.0 Å². The Kier molecular flexibility index (Phi) is 15.9. The second-order valence-electron chi connectivity index (χ2n) is 19.2. The minimum Gasteiger partial charge on any atom is -0.496 e.